The quantitative estimate of drug-likeness (QED) is 0.153. The Labute approximate surface area is 258 Å². The number of aliphatic carboxylic acids is 1. The van der Waals surface area contributed by atoms with Crippen LogP contribution in [-0.4, -0.2) is 79.6 Å². The molecule has 0 saturated heterocycles. The molecule has 0 spiro atoms. The van der Waals surface area contributed by atoms with Gasteiger partial charge in [-0.05, 0) is 27.8 Å². The molecule has 0 bridgehead atoms. The summed E-state index contributed by atoms with van der Waals surface area (Å²) in [6.07, 6.45) is -0.699. The standard InChI is InChI=1S/C32H33N5O8/c38-27(34-18-30(41)42)15-35-31(43)26(14-20-8-2-1-3-9-20)37-29(40)17-33-28(39)16-36-32(44)45-19-25-23-12-6-4-10-21(23)22-11-5-7-13-24(22)25/h1-13,25-26H,14-19H2,(H,33,39)(H,34,38)(H,35,43)(H,36,44)(H,37,40)(H,41,42)/t26-/m0/s1. The maximum absolute atomic E-state index is 12.8. The zero-order valence-electron chi connectivity index (χ0n) is 24.2. The number of hydrogen-bond donors (Lipinski definition) is 6. The zero-order chi connectivity index (χ0) is 32.2. The summed E-state index contributed by atoms with van der Waals surface area (Å²) in [6.45, 7) is -1.94. The maximum atomic E-state index is 12.8. The highest BCUT2D eigenvalue weighted by molar-refractivity contribution is 5.93. The van der Waals surface area contributed by atoms with E-state index in [1.807, 2.05) is 48.5 Å². The van der Waals surface area contributed by atoms with Crippen LogP contribution in [0.5, 0.6) is 0 Å². The van der Waals surface area contributed by atoms with Crippen LogP contribution in [0.3, 0.4) is 0 Å². The van der Waals surface area contributed by atoms with E-state index in [0.29, 0.717) is 0 Å². The highest BCUT2D eigenvalue weighted by Gasteiger charge is 2.29. The van der Waals surface area contributed by atoms with Crippen LogP contribution in [0, 0.1) is 0 Å². The fourth-order valence-corrected chi connectivity index (χ4v) is 4.87. The molecule has 0 saturated carbocycles. The first kappa shape index (κ1) is 32.2. The molecule has 234 valence electrons. The molecule has 0 fully saturated rings. The number of carbonyl (C=O) groups excluding carboxylic acids is 5. The lowest BCUT2D eigenvalue weighted by molar-refractivity contribution is -0.138. The second-order valence-electron chi connectivity index (χ2n) is 10.2. The monoisotopic (exact) mass is 615 g/mol. The summed E-state index contributed by atoms with van der Waals surface area (Å²) in [5, 5.41) is 20.4. The second-order valence-corrected chi connectivity index (χ2v) is 10.2. The van der Waals surface area contributed by atoms with Gasteiger partial charge < -0.3 is 36.4 Å². The summed E-state index contributed by atoms with van der Waals surface area (Å²) >= 11 is 0. The molecule has 5 amide bonds. The Hall–Kier alpha value is -5.72. The van der Waals surface area contributed by atoms with Crippen LogP contribution in [0.15, 0.2) is 78.9 Å². The molecule has 0 aromatic heterocycles. The van der Waals surface area contributed by atoms with E-state index in [1.54, 1.807) is 30.3 Å². The molecule has 1 aliphatic carbocycles. The molecule has 0 radical (unpaired) electrons. The zero-order valence-corrected chi connectivity index (χ0v) is 24.2. The van der Waals surface area contributed by atoms with Gasteiger partial charge in [0.2, 0.25) is 23.6 Å². The van der Waals surface area contributed by atoms with Crippen molar-refractivity contribution in [2.24, 2.45) is 0 Å². The lowest BCUT2D eigenvalue weighted by atomic mass is 9.98. The number of carboxylic acids is 1. The fourth-order valence-electron chi connectivity index (χ4n) is 4.87. The molecule has 0 aliphatic heterocycles. The molecule has 3 aromatic rings. The molecule has 0 heterocycles. The van der Waals surface area contributed by atoms with Crippen molar-refractivity contribution in [3.8, 4) is 11.1 Å². The van der Waals surface area contributed by atoms with E-state index in [-0.39, 0.29) is 18.9 Å². The Bertz CT molecular complexity index is 1520. The first-order chi connectivity index (χ1) is 21.7. The largest absolute Gasteiger partial charge is 0.480 e. The second kappa shape index (κ2) is 15.7. The third-order valence-electron chi connectivity index (χ3n) is 6.98. The molecule has 1 aliphatic rings. The van der Waals surface area contributed by atoms with Crippen molar-refractivity contribution in [3.05, 3.63) is 95.6 Å². The Morgan fingerprint density at radius 2 is 1.18 bits per heavy atom. The molecule has 6 N–H and O–H groups in total. The van der Waals surface area contributed by atoms with Gasteiger partial charge in [0.25, 0.3) is 0 Å². The molecule has 13 heteroatoms. The van der Waals surface area contributed by atoms with Crippen molar-refractivity contribution in [2.75, 3.05) is 32.8 Å². The molecular weight excluding hydrogens is 582 g/mol. The van der Waals surface area contributed by atoms with Gasteiger partial charge in [0, 0.05) is 12.3 Å². The van der Waals surface area contributed by atoms with Gasteiger partial charge in [0.05, 0.1) is 13.1 Å². The highest BCUT2D eigenvalue weighted by Crippen LogP contribution is 2.44. The molecule has 13 nitrogen and oxygen atoms in total. The summed E-state index contributed by atoms with van der Waals surface area (Å²) in [5.41, 5.74) is 5.01. The van der Waals surface area contributed by atoms with E-state index in [1.165, 1.54) is 0 Å². The number of fused-ring (bicyclic) bond motifs is 3. The Kier molecular flexibility index (Phi) is 11.2. The van der Waals surface area contributed by atoms with E-state index in [2.05, 4.69) is 26.6 Å². The van der Waals surface area contributed by atoms with Crippen LogP contribution >= 0.6 is 0 Å². The SMILES string of the molecule is O=C(O)CNC(=O)CNC(=O)[C@H](Cc1ccccc1)NC(=O)CNC(=O)CNC(=O)OCC1c2ccccc2-c2ccccc21. The van der Waals surface area contributed by atoms with Gasteiger partial charge in [-0.1, -0.05) is 78.9 Å². The van der Waals surface area contributed by atoms with E-state index in [4.69, 9.17) is 9.84 Å². The molecule has 1 atom stereocenters. The van der Waals surface area contributed by atoms with E-state index < -0.39 is 67.9 Å². The minimum atomic E-state index is -1.24. The van der Waals surface area contributed by atoms with Crippen LogP contribution in [-0.2, 0) is 35.1 Å². The normalized spacial score (nSPS) is 12.1. The summed E-state index contributed by atoms with van der Waals surface area (Å²) in [6, 6.07) is 23.5. The van der Waals surface area contributed by atoms with Gasteiger partial charge in [0.15, 0.2) is 0 Å². The lowest BCUT2D eigenvalue weighted by Gasteiger charge is -2.19. The number of benzene rings is 3. The Balaban J connectivity index is 1.21. The van der Waals surface area contributed by atoms with Crippen LogP contribution in [0.2, 0.25) is 0 Å². The van der Waals surface area contributed by atoms with Gasteiger partial charge in [-0.25, -0.2) is 4.79 Å². The topological polar surface area (TPSA) is 192 Å². The number of rotatable bonds is 14. The van der Waals surface area contributed by atoms with Gasteiger partial charge >= 0.3 is 12.1 Å². The molecule has 45 heavy (non-hydrogen) atoms. The first-order valence-corrected chi connectivity index (χ1v) is 14.2. The molecular formula is C32H33N5O8. The minimum absolute atomic E-state index is 0.0793. The fraction of sp³-hybridized carbons (Fsp3) is 0.250. The van der Waals surface area contributed by atoms with Crippen LogP contribution in [0.1, 0.15) is 22.6 Å². The van der Waals surface area contributed by atoms with E-state index >= 15 is 0 Å². The van der Waals surface area contributed by atoms with Gasteiger partial charge in [-0.15, -0.1) is 0 Å². The van der Waals surface area contributed by atoms with E-state index in [9.17, 15) is 28.8 Å². The van der Waals surface area contributed by atoms with Crippen LogP contribution in [0.25, 0.3) is 11.1 Å². The summed E-state index contributed by atoms with van der Waals surface area (Å²) < 4.78 is 5.41. The van der Waals surface area contributed by atoms with Crippen molar-refractivity contribution in [2.45, 2.75) is 18.4 Å². The van der Waals surface area contributed by atoms with Crippen LogP contribution in [0.4, 0.5) is 4.79 Å². The number of carboxylic acid groups (broad SMARTS) is 1. The summed E-state index contributed by atoms with van der Waals surface area (Å²) in [5.74, 6) is -4.11. The lowest BCUT2D eigenvalue weighted by Crippen LogP contribution is -2.52. The number of carbonyl (C=O) groups is 6. The Morgan fingerprint density at radius 3 is 1.80 bits per heavy atom. The van der Waals surface area contributed by atoms with Crippen molar-refractivity contribution in [1.29, 1.82) is 0 Å². The predicted octanol–water partition coefficient (Wildman–Crippen LogP) is 0.686. The first-order valence-electron chi connectivity index (χ1n) is 14.2. The number of amides is 5. The van der Waals surface area contributed by atoms with E-state index in [0.717, 1.165) is 27.8 Å². The molecule has 4 rings (SSSR count). The highest BCUT2D eigenvalue weighted by atomic mass is 16.5. The number of alkyl carbamates (subject to hydrolysis) is 1. The third kappa shape index (κ3) is 9.38. The van der Waals surface area contributed by atoms with Crippen molar-refractivity contribution >= 4 is 35.7 Å². The number of ether oxygens (including phenoxy) is 1. The number of nitrogens with one attached hydrogen (secondary N) is 5. The molecule has 0 unspecified atom stereocenters. The van der Waals surface area contributed by atoms with Gasteiger partial charge in [0.1, 0.15) is 25.7 Å². The third-order valence-corrected chi connectivity index (χ3v) is 6.98. The van der Waals surface area contributed by atoms with Crippen molar-refractivity contribution < 1.29 is 38.6 Å². The Morgan fingerprint density at radius 1 is 0.644 bits per heavy atom. The summed E-state index contributed by atoms with van der Waals surface area (Å²) in [4.78, 5) is 72.4. The average Bonchev–Trinajstić information content (AvgIpc) is 3.37. The van der Waals surface area contributed by atoms with Gasteiger partial charge in [-0.3, -0.25) is 24.0 Å². The predicted molar refractivity (Wildman–Crippen MR) is 162 cm³/mol. The number of hydrogen-bond acceptors (Lipinski definition) is 7. The smallest absolute Gasteiger partial charge is 0.407 e. The maximum Gasteiger partial charge on any atom is 0.407 e. The van der Waals surface area contributed by atoms with Crippen LogP contribution < -0.4 is 26.6 Å². The van der Waals surface area contributed by atoms with Crippen molar-refractivity contribution in [1.82, 2.24) is 26.6 Å². The summed E-state index contributed by atoms with van der Waals surface area (Å²) in [7, 11) is 0. The minimum Gasteiger partial charge on any atom is -0.480 e. The van der Waals surface area contributed by atoms with Gasteiger partial charge in [-0.2, -0.15) is 0 Å². The van der Waals surface area contributed by atoms with Crippen molar-refractivity contribution in [3.63, 3.8) is 0 Å². The average molecular weight is 616 g/mol. The molecule has 3 aromatic carbocycles.